The Labute approximate surface area is 167 Å². The van der Waals surface area contributed by atoms with Gasteiger partial charge < -0.3 is 9.47 Å². The van der Waals surface area contributed by atoms with Gasteiger partial charge in [0.2, 0.25) is 4.96 Å². The SMILES string of the molecule is COc1ccc(OCc2nn3c(-c4ccc(C(C)(C)C)cc4)nnc3s2)cc1. The van der Waals surface area contributed by atoms with Crippen molar-refractivity contribution in [1.82, 2.24) is 19.8 Å². The molecule has 0 saturated heterocycles. The summed E-state index contributed by atoms with van der Waals surface area (Å²) in [5.74, 6) is 2.31. The van der Waals surface area contributed by atoms with E-state index in [-0.39, 0.29) is 5.41 Å². The van der Waals surface area contributed by atoms with Crippen molar-refractivity contribution in [2.24, 2.45) is 0 Å². The predicted octanol–water partition coefficient (Wildman–Crippen LogP) is 4.74. The summed E-state index contributed by atoms with van der Waals surface area (Å²) in [6.45, 7) is 6.98. The Bertz CT molecular complexity index is 1080. The van der Waals surface area contributed by atoms with E-state index in [1.165, 1.54) is 16.9 Å². The molecule has 2 aromatic heterocycles. The first kappa shape index (κ1) is 18.4. The lowest BCUT2D eigenvalue weighted by Gasteiger charge is -2.18. The largest absolute Gasteiger partial charge is 0.497 e. The van der Waals surface area contributed by atoms with Gasteiger partial charge in [-0.2, -0.15) is 9.61 Å². The highest BCUT2D eigenvalue weighted by Crippen LogP contribution is 2.27. The van der Waals surface area contributed by atoms with Crippen molar-refractivity contribution in [2.75, 3.05) is 7.11 Å². The molecule has 0 unspecified atom stereocenters. The van der Waals surface area contributed by atoms with Crippen molar-refractivity contribution in [3.05, 3.63) is 59.1 Å². The predicted molar refractivity (Wildman–Crippen MR) is 110 cm³/mol. The van der Waals surface area contributed by atoms with Gasteiger partial charge in [0.15, 0.2) is 10.8 Å². The summed E-state index contributed by atoms with van der Waals surface area (Å²) in [7, 11) is 1.64. The fraction of sp³-hybridized carbons (Fsp3) is 0.286. The molecule has 2 aromatic carbocycles. The van der Waals surface area contributed by atoms with E-state index >= 15 is 0 Å². The van der Waals surface area contributed by atoms with Crippen LogP contribution in [0.15, 0.2) is 48.5 Å². The van der Waals surface area contributed by atoms with Crippen molar-refractivity contribution in [1.29, 1.82) is 0 Å². The van der Waals surface area contributed by atoms with E-state index in [2.05, 4.69) is 60.3 Å². The lowest BCUT2D eigenvalue weighted by Crippen LogP contribution is -2.10. The maximum absolute atomic E-state index is 5.82. The number of methoxy groups -OCH3 is 1. The highest BCUT2D eigenvalue weighted by Gasteiger charge is 2.16. The minimum absolute atomic E-state index is 0.116. The molecule has 0 saturated carbocycles. The molecule has 0 atom stereocenters. The highest BCUT2D eigenvalue weighted by molar-refractivity contribution is 7.16. The molecule has 0 aliphatic rings. The van der Waals surface area contributed by atoms with Crippen molar-refractivity contribution in [3.8, 4) is 22.9 Å². The molecule has 28 heavy (non-hydrogen) atoms. The summed E-state index contributed by atoms with van der Waals surface area (Å²) in [4.78, 5) is 0.753. The van der Waals surface area contributed by atoms with E-state index in [4.69, 9.17) is 9.47 Å². The van der Waals surface area contributed by atoms with E-state index in [0.717, 1.165) is 32.9 Å². The quantitative estimate of drug-likeness (QED) is 0.489. The smallest absolute Gasteiger partial charge is 0.235 e. The van der Waals surface area contributed by atoms with Crippen LogP contribution in [0.3, 0.4) is 0 Å². The van der Waals surface area contributed by atoms with Gasteiger partial charge in [0, 0.05) is 5.56 Å². The number of ether oxygens (including phenoxy) is 2. The molecule has 0 radical (unpaired) electrons. The maximum atomic E-state index is 5.82. The van der Waals surface area contributed by atoms with Gasteiger partial charge in [-0.25, -0.2) is 0 Å². The van der Waals surface area contributed by atoms with Crippen LogP contribution in [-0.4, -0.2) is 26.9 Å². The normalized spacial score (nSPS) is 11.7. The van der Waals surface area contributed by atoms with Crippen molar-refractivity contribution >= 4 is 16.3 Å². The van der Waals surface area contributed by atoms with Crippen LogP contribution in [0, 0.1) is 0 Å². The van der Waals surface area contributed by atoms with Crippen LogP contribution < -0.4 is 9.47 Å². The average Bonchev–Trinajstić information content (AvgIpc) is 3.26. The number of nitrogens with zero attached hydrogens (tertiary/aromatic N) is 4. The Balaban J connectivity index is 1.53. The number of hydrogen-bond acceptors (Lipinski definition) is 6. The molecule has 0 spiro atoms. The number of aromatic nitrogens is 4. The van der Waals surface area contributed by atoms with Crippen LogP contribution in [-0.2, 0) is 12.0 Å². The zero-order chi connectivity index (χ0) is 19.7. The van der Waals surface area contributed by atoms with Crippen molar-refractivity contribution in [3.63, 3.8) is 0 Å². The third-order valence-electron chi connectivity index (χ3n) is 4.46. The van der Waals surface area contributed by atoms with Crippen LogP contribution in [0.5, 0.6) is 11.5 Å². The lowest BCUT2D eigenvalue weighted by molar-refractivity contribution is 0.303. The molecular formula is C21H22N4O2S. The monoisotopic (exact) mass is 394 g/mol. The minimum Gasteiger partial charge on any atom is -0.497 e. The van der Waals surface area contributed by atoms with E-state index in [1.54, 1.807) is 11.6 Å². The van der Waals surface area contributed by atoms with Gasteiger partial charge in [0.05, 0.1) is 7.11 Å². The molecule has 6 nitrogen and oxygen atoms in total. The van der Waals surface area contributed by atoms with Crippen LogP contribution >= 0.6 is 11.3 Å². The maximum Gasteiger partial charge on any atom is 0.235 e. The van der Waals surface area contributed by atoms with Gasteiger partial charge in [0.1, 0.15) is 18.1 Å². The number of benzene rings is 2. The first-order chi connectivity index (χ1) is 13.4. The summed E-state index contributed by atoms with van der Waals surface area (Å²) in [6.07, 6.45) is 0. The molecule has 144 valence electrons. The number of rotatable bonds is 5. The van der Waals surface area contributed by atoms with E-state index in [0.29, 0.717) is 6.61 Å². The van der Waals surface area contributed by atoms with Gasteiger partial charge in [-0.3, -0.25) is 0 Å². The Hall–Kier alpha value is -2.93. The lowest BCUT2D eigenvalue weighted by atomic mass is 9.87. The van der Waals surface area contributed by atoms with Crippen LogP contribution in [0.2, 0.25) is 0 Å². The molecule has 4 aromatic rings. The second kappa shape index (κ2) is 7.24. The third kappa shape index (κ3) is 3.71. The van der Waals surface area contributed by atoms with E-state index in [9.17, 15) is 0 Å². The second-order valence-corrected chi connectivity index (χ2v) is 8.55. The summed E-state index contributed by atoms with van der Waals surface area (Å²) in [5, 5.41) is 14.0. The fourth-order valence-electron chi connectivity index (χ4n) is 2.83. The Morgan fingerprint density at radius 2 is 1.61 bits per heavy atom. The van der Waals surface area contributed by atoms with E-state index in [1.807, 2.05) is 24.3 Å². The summed E-state index contributed by atoms with van der Waals surface area (Å²) < 4.78 is 12.8. The molecule has 4 rings (SSSR count). The number of fused-ring (bicyclic) bond motifs is 1. The van der Waals surface area contributed by atoms with Gasteiger partial charge in [-0.15, -0.1) is 10.2 Å². The van der Waals surface area contributed by atoms with Crippen LogP contribution in [0.1, 0.15) is 31.3 Å². The Morgan fingerprint density at radius 1 is 0.929 bits per heavy atom. The van der Waals surface area contributed by atoms with Crippen LogP contribution in [0.4, 0.5) is 0 Å². The molecule has 0 aliphatic carbocycles. The Morgan fingerprint density at radius 3 is 2.25 bits per heavy atom. The molecule has 7 heteroatoms. The molecule has 0 amide bonds. The molecule has 0 N–H and O–H groups in total. The summed E-state index contributed by atoms with van der Waals surface area (Å²) in [5.41, 5.74) is 2.39. The van der Waals surface area contributed by atoms with Gasteiger partial charge in [-0.1, -0.05) is 56.4 Å². The van der Waals surface area contributed by atoms with Gasteiger partial charge in [-0.05, 0) is 35.2 Å². The highest BCUT2D eigenvalue weighted by atomic mass is 32.1. The van der Waals surface area contributed by atoms with Gasteiger partial charge in [0.25, 0.3) is 0 Å². The van der Waals surface area contributed by atoms with Crippen LogP contribution in [0.25, 0.3) is 16.3 Å². The Kier molecular flexibility index (Phi) is 4.77. The molecular weight excluding hydrogens is 372 g/mol. The summed E-state index contributed by atoms with van der Waals surface area (Å²) >= 11 is 1.48. The van der Waals surface area contributed by atoms with Crippen molar-refractivity contribution < 1.29 is 9.47 Å². The number of hydrogen-bond donors (Lipinski definition) is 0. The molecule has 2 heterocycles. The fourth-order valence-corrected chi connectivity index (χ4v) is 3.58. The topological polar surface area (TPSA) is 61.5 Å². The molecule has 0 bridgehead atoms. The molecule has 0 aliphatic heterocycles. The minimum atomic E-state index is 0.116. The van der Waals surface area contributed by atoms with Gasteiger partial charge >= 0.3 is 0 Å². The zero-order valence-electron chi connectivity index (χ0n) is 16.3. The van der Waals surface area contributed by atoms with E-state index < -0.39 is 0 Å². The molecule has 0 fully saturated rings. The second-order valence-electron chi connectivity index (χ2n) is 7.51. The van der Waals surface area contributed by atoms with Crippen molar-refractivity contribution in [2.45, 2.75) is 32.8 Å². The average molecular weight is 395 g/mol. The zero-order valence-corrected chi connectivity index (χ0v) is 17.2. The first-order valence-corrected chi connectivity index (χ1v) is 9.84. The standard InChI is InChI=1S/C21H22N4O2S/c1-21(2,3)15-7-5-14(6-8-15)19-22-23-20-25(19)24-18(28-20)13-27-17-11-9-16(26-4)10-12-17/h5-12H,13H2,1-4H3. The first-order valence-electron chi connectivity index (χ1n) is 9.03. The third-order valence-corrected chi connectivity index (χ3v) is 5.34. The summed E-state index contributed by atoms with van der Waals surface area (Å²) in [6, 6.07) is 15.9.